The lowest BCUT2D eigenvalue weighted by atomic mass is 10.1. The van der Waals surface area contributed by atoms with Crippen LogP contribution in [0.2, 0.25) is 0 Å². The molecule has 0 atom stereocenters. The number of rotatable bonds is 16. The van der Waals surface area contributed by atoms with Gasteiger partial charge in [-0.1, -0.05) is 84.1 Å². The van der Waals surface area contributed by atoms with Crippen molar-refractivity contribution < 1.29 is 0 Å². The number of unbranched alkanes of at least 4 members (excludes halogenated alkanes) is 10. The van der Waals surface area contributed by atoms with Gasteiger partial charge in [-0.3, -0.25) is 4.90 Å². The zero-order valence-corrected chi connectivity index (χ0v) is 18.7. The highest BCUT2D eigenvalue weighted by Crippen LogP contribution is 2.21. The largest absolute Gasteiger partial charge is 0.318 e. The highest BCUT2D eigenvalue weighted by molar-refractivity contribution is 5.79. The fourth-order valence-electron chi connectivity index (χ4n) is 3.93. The summed E-state index contributed by atoms with van der Waals surface area (Å²) in [6.07, 6.45) is 18.0. The second kappa shape index (κ2) is 14.2. The van der Waals surface area contributed by atoms with Crippen molar-refractivity contribution in [2.75, 3.05) is 13.1 Å². The molecule has 0 amide bonds. The lowest BCUT2D eigenvalue weighted by Crippen LogP contribution is -2.28. The Labute approximate surface area is 178 Å². The monoisotopic (exact) mass is 396 g/mol. The average Bonchev–Trinajstić information content (AvgIpc) is 3.14. The third-order valence-corrected chi connectivity index (χ3v) is 5.74. The molecule has 0 fully saturated rings. The maximum absolute atomic E-state index is 7.29. The highest BCUT2D eigenvalue weighted by Gasteiger charge is 2.09. The van der Waals surface area contributed by atoms with Crippen LogP contribution in [0.4, 0.5) is 5.69 Å². The molecule has 1 aromatic carbocycles. The summed E-state index contributed by atoms with van der Waals surface area (Å²) in [4.78, 5) is 10.7. The topological polar surface area (TPSA) is 25.4 Å². The maximum atomic E-state index is 7.29. The van der Waals surface area contributed by atoms with Gasteiger partial charge in [0.25, 0.3) is 0 Å². The van der Waals surface area contributed by atoms with E-state index in [1.54, 1.807) is 0 Å². The van der Waals surface area contributed by atoms with Crippen LogP contribution in [-0.2, 0) is 6.67 Å². The molecule has 0 aliphatic rings. The van der Waals surface area contributed by atoms with Gasteiger partial charge >= 0.3 is 0 Å². The summed E-state index contributed by atoms with van der Waals surface area (Å²) in [7, 11) is 0. The van der Waals surface area contributed by atoms with E-state index in [9.17, 15) is 0 Å². The van der Waals surface area contributed by atoms with E-state index in [0.717, 1.165) is 30.8 Å². The molecule has 160 valence electrons. The Bertz CT molecular complexity index is 712. The maximum Gasteiger partial charge on any atom is 0.189 e. The van der Waals surface area contributed by atoms with E-state index in [-0.39, 0.29) is 0 Å². The normalized spacial score (nSPS) is 11.4. The van der Waals surface area contributed by atoms with E-state index in [0.29, 0.717) is 5.69 Å². The molecular weight excluding hydrogens is 356 g/mol. The number of benzene rings is 1. The van der Waals surface area contributed by atoms with Gasteiger partial charge in [-0.15, -0.1) is 0 Å². The molecule has 0 bridgehead atoms. The molecule has 0 saturated carbocycles. The van der Waals surface area contributed by atoms with Gasteiger partial charge < -0.3 is 4.57 Å². The van der Waals surface area contributed by atoms with E-state index < -0.39 is 0 Å². The molecule has 4 heteroatoms. The summed E-state index contributed by atoms with van der Waals surface area (Å²) in [5.74, 6) is 0. The first kappa shape index (κ1) is 23.4. The van der Waals surface area contributed by atoms with E-state index >= 15 is 0 Å². The molecule has 29 heavy (non-hydrogen) atoms. The summed E-state index contributed by atoms with van der Waals surface area (Å²) in [5, 5.41) is 0. The van der Waals surface area contributed by atoms with Crippen molar-refractivity contribution in [2.45, 2.75) is 97.6 Å². The van der Waals surface area contributed by atoms with Crippen LogP contribution >= 0.6 is 0 Å². The van der Waals surface area contributed by atoms with E-state index in [1.807, 2.05) is 24.5 Å². The molecule has 0 aliphatic carbocycles. The predicted octanol–water partition coefficient (Wildman–Crippen LogP) is 7.57. The van der Waals surface area contributed by atoms with E-state index in [4.69, 9.17) is 6.57 Å². The molecule has 0 N–H and O–H groups in total. The van der Waals surface area contributed by atoms with Gasteiger partial charge in [-0.2, -0.15) is 0 Å². The molecule has 0 unspecified atom stereocenters. The summed E-state index contributed by atoms with van der Waals surface area (Å²) in [6, 6.07) is 5.80. The zero-order valence-electron chi connectivity index (χ0n) is 18.7. The van der Waals surface area contributed by atoms with Crippen LogP contribution < -0.4 is 0 Å². The van der Waals surface area contributed by atoms with Crippen LogP contribution in [0.1, 0.15) is 90.9 Å². The van der Waals surface area contributed by atoms with Gasteiger partial charge in [0.05, 0.1) is 30.6 Å². The Hall–Kier alpha value is -1.86. The molecule has 0 saturated heterocycles. The van der Waals surface area contributed by atoms with Crippen molar-refractivity contribution in [3.8, 4) is 0 Å². The number of nitrogens with zero attached hydrogens (tertiary/aromatic N) is 4. The number of fused-ring (bicyclic) bond motifs is 1. The lowest BCUT2D eigenvalue weighted by Gasteiger charge is -2.23. The fraction of sp³-hybridized carbons (Fsp3) is 0.680. The zero-order chi connectivity index (χ0) is 20.7. The van der Waals surface area contributed by atoms with Crippen LogP contribution in [0.15, 0.2) is 24.5 Å². The van der Waals surface area contributed by atoms with Crippen LogP contribution in [0.25, 0.3) is 15.9 Å². The minimum atomic E-state index is 0.692. The Morgan fingerprint density at radius 2 is 1.45 bits per heavy atom. The summed E-state index contributed by atoms with van der Waals surface area (Å²) >= 11 is 0. The van der Waals surface area contributed by atoms with Crippen molar-refractivity contribution >= 4 is 16.7 Å². The van der Waals surface area contributed by atoms with Crippen molar-refractivity contribution in [2.24, 2.45) is 0 Å². The first-order valence-corrected chi connectivity index (χ1v) is 11.8. The first-order chi connectivity index (χ1) is 14.3. The third kappa shape index (κ3) is 8.58. The molecule has 0 aliphatic heterocycles. The molecular formula is C25H40N4. The van der Waals surface area contributed by atoms with Crippen LogP contribution in [0.3, 0.4) is 0 Å². The first-order valence-electron chi connectivity index (χ1n) is 11.8. The predicted molar refractivity (Wildman–Crippen MR) is 124 cm³/mol. The average molecular weight is 397 g/mol. The van der Waals surface area contributed by atoms with E-state index in [1.165, 1.54) is 77.0 Å². The molecule has 2 rings (SSSR count). The second-order valence-corrected chi connectivity index (χ2v) is 8.29. The quantitative estimate of drug-likeness (QED) is 0.216. The van der Waals surface area contributed by atoms with Gasteiger partial charge in [0, 0.05) is 0 Å². The number of imidazole rings is 1. The summed E-state index contributed by atoms with van der Waals surface area (Å²) < 4.78 is 2.22. The fourth-order valence-corrected chi connectivity index (χ4v) is 3.93. The Balaban J connectivity index is 1.90. The van der Waals surface area contributed by atoms with Crippen LogP contribution in [0, 0.1) is 6.57 Å². The lowest BCUT2D eigenvalue weighted by molar-refractivity contribution is 0.211. The van der Waals surface area contributed by atoms with Crippen molar-refractivity contribution in [1.82, 2.24) is 14.5 Å². The third-order valence-electron chi connectivity index (χ3n) is 5.74. The van der Waals surface area contributed by atoms with Crippen molar-refractivity contribution in [1.29, 1.82) is 0 Å². The molecule has 4 nitrogen and oxygen atoms in total. The standard InChI is InChI=1S/C25H40N4/c1-4-6-8-10-12-14-18-28(19-15-13-11-9-7-5-2)22-29-21-27-24-17-16-23(26-3)20-25(24)29/h16-17,20-21H,4-15,18-19,22H2,1-2H3. The van der Waals surface area contributed by atoms with Gasteiger partial charge in [0.2, 0.25) is 0 Å². The number of aromatic nitrogens is 2. The van der Waals surface area contributed by atoms with Gasteiger partial charge in [-0.25, -0.2) is 9.83 Å². The van der Waals surface area contributed by atoms with Crippen LogP contribution in [-0.4, -0.2) is 27.5 Å². The Morgan fingerprint density at radius 1 is 0.862 bits per heavy atom. The summed E-state index contributed by atoms with van der Waals surface area (Å²) in [5.41, 5.74) is 2.75. The van der Waals surface area contributed by atoms with Gasteiger partial charge in [-0.05, 0) is 38.1 Å². The van der Waals surface area contributed by atoms with Crippen LogP contribution in [0.5, 0.6) is 0 Å². The summed E-state index contributed by atoms with van der Waals surface area (Å²) in [6.45, 7) is 15.0. The minimum Gasteiger partial charge on any atom is -0.318 e. The Morgan fingerprint density at radius 3 is 2.03 bits per heavy atom. The SMILES string of the molecule is [C-]#[N+]c1ccc2ncn(CN(CCCCCCCC)CCCCCCCC)c2c1. The molecule has 0 spiro atoms. The van der Waals surface area contributed by atoms with Crippen molar-refractivity contribution in [3.05, 3.63) is 35.9 Å². The number of hydrogen-bond donors (Lipinski definition) is 0. The smallest absolute Gasteiger partial charge is 0.189 e. The van der Waals surface area contributed by atoms with Gasteiger partial charge in [0.15, 0.2) is 5.69 Å². The molecule has 2 aromatic rings. The Kier molecular flexibility index (Phi) is 11.4. The second-order valence-electron chi connectivity index (χ2n) is 8.29. The molecule has 1 aromatic heterocycles. The number of hydrogen-bond acceptors (Lipinski definition) is 2. The molecule has 0 radical (unpaired) electrons. The molecule has 1 heterocycles. The minimum absolute atomic E-state index is 0.692. The van der Waals surface area contributed by atoms with Crippen molar-refractivity contribution in [3.63, 3.8) is 0 Å². The highest BCUT2D eigenvalue weighted by atomic mass is 15.3. The van der Waals surface area contributed by atoms with Gasteiger partial charge in [0.1, 0.15) is 0 Å². The van der Waals surface area contributed by atoms with E-state index in [2.05, 4.69) is 33.1 Å².